The maximum Gasteiger partial charge on any atom is 0.0231 e. The van der Waals surface area contributed by atoms with Crippen LogP contribution in [0.5, 0.6) is 0 Å². The first-order chi connectivity index (χ1) is 8.63. The SMILES string of the molecule is CC(C)(CCCl)c1ccc2c3c(cccc13)CC2. The molecular formula is C17H19Cl. The Balaban J connectivity index is 2.27. The van der Waals surface area contributed by atoms with Crippen LogP contribution in [0.15, 0.2) is 30.3 Å². The fourth-order valence-electron chi connectivity index (χ4n) is 3.21. The average Bonchev–Trinajstić information content (AvgIpc) is 2.75. The lowest BCUT2D eigenvalue weighted by Crippen LogP contribution is -2.18. The fourth-order valence-corrected chi connectivity index (χ4v) is 3.68. The van der Waals surface area contributed by atoms with Crippen molar-refractivity contribution in [2.75, 3.05) is 5.88 Å². The third kappa shape index (κ3) is 1.75. The standard InChI is InChI=1S/C17H19Cl/c1-17(2,10-11-18)15-9-8-13-7-6-12-4-3-5-14(15)16(12)13/h3-5,8-9H,6-7,10-11H2,1-2H3. The first kappa shape index (κ1) is 12.0. The van der Waals surface area contributed by atoms with Gasteiger partial charge in [0.1, 0.15) is 0 Å². The van der Waals surface area contributed by atoms with Gasteiger partial charge in [-0.05, 0) is 52.1 Å². The zero-order valence-corrected chi connectivity index (χ0v) is 11.8. The van der Waals surface area contributed by atoms with Crippen LogP contribution < -0.4 is 0 Å². The Labute approximate surface area is 114 Å². The molecule has 0 amide bonds. The molecule has 1 heteroatoms. The van der Waals surface area contributed by atoms with Crippen LogP contribution in [-0.4, -0.2) is 5.88 Å². The molecule has 2 aromatic carbocycles. The topological polar surface area (TPSA) is 0 Å². The van der Waals surface area contributed by atoms with Gasteiger partial charge in [-0.1, -0.05) is 44.2 Å². The van der Waals surface area contributed by atoms with Gasteiger partial charge in [0.05, 0.1) is 0 Å². The number of hydrogen-bond acceptors (Lipinski definition) is 0. The molecule has 2 aromatic rings. The third-order valence-corrected chi connectivity index (χ3v) is 4.51. The molecule has 0 aromatic heterocycles. The van der Waals surface area contributed by atoms with E-state index in [4.69, 9.17) is 11.6 Å². The van der Waals surface area contributed by atoms with Crippen LogP contribution in [0.3, 0.4) is 0 Å². The Morgan fingerprint density at radius 2 is 1.78 bits per heavy atom. The van der Waals surface area contributed by atoms with Crippen molar-refractivity contribution in [3.8, 4) is 0 Å². The Hall–Kier alpha value is -1.01. The van der Waals surface area contributed by atoms with Gasteiger partial charge in [0, 0.05) is 5.88 Å². The van der Waals surface area contributed by atoms with E-state index in [0.29, 0.717) is 0 Å². The lowest BCUT2D eigenvalue weighted by molar-refractivity contribution is 0.514. The molecule has 0 aliphatic heterocycles. The highest BCUT2D eigenvalue weighted by Crippen LogP contribution is 2.38. The number of halogens is 1. The lowest BCUT2D eigenvalue weighted by atomic mass is 9.79. The summed E-state index contributed by atoms with van der Waals surface area (Å²) in [4.78, 5) is 0. The van der Waals surface area contributed by atoms with Gasteiger partial charge in [-0.3, -0.25) is 0 Å². The normalized spacial score (nSPS) is 14.4. The van der Waals surface area contributed by atoms with Gasteiger partial charge in [-0.2, -0.15) is 0 Å². The summed E-state index contributed by atoms with van der Waals surface area (Å²) in [6.45, 7) is 4.60. The smallest absolute Gasteiger partial charge is 0.0231 e. The third-order valence-electron chi connectivity index (χ3n) is 4.33. The Bertz CT molecular complexity index is 586. The molecule has 18 heavy (non-hydrogen) atoms. The largest absolute Gasteiger partial charge is 0.127 e. The van der Waals surface area contributed by atoms with Crippen LogP contribution in [0.25, 0.3) is 10.8 Å². The first-order valence-electron chi connectivity index (χ1n) is 6.73. The molecule has 0 atom stereocenters. The minimum atomic E-state index is 0.154. The highest BCUT2D eigenvalue weighted by Gasteiger charge is 2.24. The van der Waals surface area contributed by atoms with Gasteiger partial charge in [-0.25, -0.2) is 0 Å². The monoisotopic (exact) mass is 258 g/mol. The predicted molar refractivity (Wildman–Crippen MR) is 79.7 cm³/mol. The van der Waals surface area contributed by atoms with Crippen LogP contribution >= 0.6 is 11.6 Å². The van der Waals surface area contributed by atoms with E-state index in [9.17, 15) is 0 Å². The lowest BCUT2D eigenvalue weighted by Gasteiger charge is -2.26. The van der Waals surface area contributed by atoms with Crippen molar-refractivity contribution in [3.63, 3.8) is 0 Å². The van der Waals surface area contributed by atoms with Crippen LogP contribution in [0.1, 0.15) is 37.0 Å². The van der Waals surface area contributed by atoms with Crippen molar-refractivity contribution in [1.82, 2.24) is 0 Å². The highest BCUT2D eigenvalue weighted by molar-refractivity contribution is 6.17. The quantitative estimate of drug-likeness (QED) is 0.691. The predicted octanol–water partition coefficient (Wildman–Crippen LogP) is 4.84. The summed E-state index contributed by atoms with van der Waals surface area (Å²) in [7, 11) is 0. The second kappa shape index (κ2) is 4.28. The summed E-state index contributed by atoms with van der Waals surface area (Å²) in [6.07, 6.45) is 3.42. The summed E-state index contributed by atoms with van der Waals surface area (Å²) >= 11 is 5.96. The number of aryl methyl sites for hydroxylation is 2. The van der Waals surface area contributed by atoms with Gasteiger partial charge < -0.3 is 0 Å². The molecule has 0 heterocycles. The zero-order chi connectivity index (χ0) is 12.8. The van der Waals surface area contributed by atoms with E-state index in [2.05, 4.69) is 44.2 Å². The van der Waals surface area contributed by atoms with Crippen molar-refractivity contribution in [2.24, 2.45) is 0 Å². The molecule has 0 saturated heterocycles. The van der Waals surface area contributed by atoms with Crippen molar-refractivity contribution in [1.29, 1.82) is 0 Å². The number of hydrogen-bond donors (Lipinski definition) is 0. The molecule has 3 rings (SSSR count). The molecular weight excluding hydrogens is 240 g/mol. The van der Waals surface area contributed by atoms with E-state index >= 15 is 0 Å². The molecule has 0 bridgehead atoms. The number of alkyl halides is 1. The Morgan fingerprint density at radius 3 is 2.50 bits per heavy atom. The average molecular weight is 259 g/mol. The summed E-state index contributed by atoms with van der Waals surface area (Å²) in [5, 5.41) is 2.95. The van der Waals surface area contributed by atoms with E-state index in [0.717, 1.165) is 12.3 Å². The molecule has 1 aliphatic rings. The van der Waals surface area contributed by atoms with Crippen LogP contribution in [0.2, 0.25) is 0 Å². The van der Waals surface area contributed by atoms with Crippen LogP contribution in [-0.2, 0) is 18.3 Å². The second-order valence-corrected chi connectivity index (χ2v) is 6.31. The zero-order valence-electron chi connectivity index (χ0n) is 11.1. The molecule has 0 N–H and O–H groups in total. The van der Waals surface area contributed by atoms with Gasteiger partial charge in [0.15, 0.2) is 0 Å². The van der Waals surface area contributed by atoms with E-state index in [1.165, 1.54) is 40.3 Å². The maximum absolute atomic E-state index is 5.96. The molecule has 0 nitrogen and oxygen atoms in total. The summed E-state index contributed by atoms with van der Waals surface area (Å²) < 4.78 is 0. The van der Waals surface area contributed by atoms with Crippen molar-refractivity contribution < 1.29 is 0 Å². The number of rotatable bonds is 3. The van der Waals surface area contributed by atoms with Crippen molar-refractivity contribution in [2.45, 2.75) is 38.5 Å². The molecule has 0 fully saturated rings. The summed E-state index contributed by atoms with van der Waals surface area (Å²) in [6, 6.07) is 11.4. The molecule has 0 saturated carbocycles. The van der Waals surface area contributed by atoms with Crippen LogP contribution in [0.4, 0.5) is 0 Å². The summed E-state index contributed by atoms with van der Waals surface area (Å²) in [5.41, 5.74) is 4.64. The number of benzene rings is 2. The highest BCUT2D eigenvalue weighted by atomic mass is 35.5. The van der Waals surface area contributed by atoms with E-state index in [1.54, 1.807) is 0 Å². The van der Waals surface area contributed by atoms with Gasteiger partial charge in [0.2, 0.25) is 0 Å². The maximum atomic E-state index is 5.96. The molecule has 0 spiro atoms. The minimum Gasteiger partial charge on any atom is -0.127 e. The Kier molecular flexibility index (Phi) is 2.86. The van der Waals surface area contributed by atoms with Gasteiger partial charge in [-0.15, -0.1) is 11.6 Å². The van der Waals surface area contributed by atoms with Crippen LogP contribution in [0, 0.1) is 0 Å². The van der Waals surface area contributed by atoms with Gasteiger partial charge in [0.25, 0.3) is 0 Å². The van der Waals surface area contributed by atoms with Crippen molar-refractivity contribution >= 4 is 22.4 Å². The first-order valence-corrected chi connectivity index (χ1v) is 7.27. The second-order valence-electron chi connectivity index (χ2n) is 5.93. The molecule has 94 valence electrons. The minimum absolute atomic E-state index is 0.154. The van der Waals surface area contributed by atoms with E-state index in [-0.39, 0.29) is 5.41 Å². The fraction of sp³-hybridized carbons (Fsp3) is 0.412. The Morgan fingerprint density at radius 1 is 1.06 bits per heavy atom. The summed E-state index contributed by atoms with van der Waals surface area (Å²) in [5.74, 6) is 0.718. The van der Waals surface area contributed by atoms with E-state index in [1.807, 2.05) is 0 Å². The molecule has 1 aliphatic carbocycles. The van der Waals surface area contributed by atoms with Crippen molar-refractivity contribution in [3.05, 3.63) is 47.0 Å². The van der Waals surface area contributed by atoms with E-state index < -0.39 is 0 Å². The van der Waals surface area contributed by atoms with Gasteiger partial charge >= 0.3 is 0 Å². The molecule has 0 radical (unpaired) electrons. The molecule has 0 unspecified atom stereocenters.